The van der Waals surface area contributed by atoms with E-state index in [1.807, 2.05) is 6.07 Å². The highest BCUT2D eigenvalue weighted by atomic mass is 14.8. The molecule has 2 heteroatoms. The molecule has 0 radical (unpaired) electrons. The number of aromatic nitrogens is 1. The van der Waals surface area contributed by atoms with Crippen molar-refractivity contribution in [1.82, 2.24) is 4.98 Å². The number of anilines is 1. The van der Waals surface area contributed by atoms with E-state index in [0.29, 0.717) is 5.82 Å². The molecule has 0 bridgehead atoms. The van der Waals surface area contributed by atoms with Gasteiger partial charge in [-0.25, -0.2) is 4.98 Å². The van der Waals surface area contributed by atoms with Crippen molar-refractivity contribution >= 4 is 18.0 Å². The predicted molar refractivity (Wildman–Crippen MR) is 48.8 cm³/mol. The van der Waals surface area contributed by atoms with Crippen LogP contribution in [0.15, 0.2) is 25.3 Å². The standard InChI is InChI=1S/C9H10N2/c1-3-7-5-6-9(10)11-8(7)4-2/h3-6H,1-2H2,(H2,10,11). The maximum atomic E-state index is 5.46. The summed E-state index contributed by atoms with van der Waals surface area (Å²) in [5.74, 6) is 0.505. The molecule has 0 saturated heterocycles. The number of nitrogens with two attached hydrogens (primary N) is 1. The van der Waals surface area contributed by atoms with Gasteiger partial charge in [0.25, 0.3) is 0 Å². The normalized spacial score (nSPS) is 9.09. The van der Waals surface area contributed by atoms with Gasteiger partial charge in [-0.3, -0.25) is 0 Å². The second-order valence-corrected chi connectivity index (χ2v) is 2.12. The Kier molecular flexibility index (Phi) is 2.06. The van der Waals surface area contributed by atoms with Crippen LogP contribution in [0, 0.1) is 0 Å². The van der Waals surface area contributed by atoms with Gasteiger partial charge in [0.05, 0.1) is 5.69 Å². The summed E-state index contributed by atoms with van der Waals surface area (Å²) in [7, 11) is 0. The molecule has 0 aliphatic carbocycles. The summed E-state index contributed by atoms with van der Waals surface area (Å²) >= 11 is 0. The molecule has 0 aliphatic rings. The second kappa shape index (κ2) is 3.01. The summed E-state index contributed by atoms with van der Waals surface area (Å²) in [5.41, 5.74) is 7.20. The minimum atomic E-state index is 0.505. The largest absolute Gasteiger partial charge is 0.384 e. The molecule has 56 valence electrons. The number of rotatable bonds is 2. The van der Waals surface area contributed by atoms with Gasteiger partial charge in [0.15, 0.2) is 0 Å². The lowest BCUT2D eigenvalue weighted by Gasteiger charge is -1.99. The van der Waals surface area contributed by atoms with Crippen LogP contribution in [-0.2, 0) is 0 Å². The van der Waals surface area contributed by atoms with Crippen molar-refractivity contribution in [3.63, 3.8) is 0 Å². The molecule has 1 heterocycles. The third-order valence-electron chi connectivity index (χ3n) is 1.39. The Bertz CT molecular complexity index is 290. The lowest BCUT2D eigenvalue weighted by Crippen LogP contribution is -1.93. The summed E-state index contributed by atoms with van der Waals surface area (Å²) in [6.45, 7) is 7.26. The van der Waals surface area contributed by atoms with Crippen LogP contribution in [0.2, 0.25) is 0 Å². The van der Waals surface area contributed by atoms with Gasteiger partial charge < -0.3 is 5.73 Å². The van der Waals surface area contributed by atoms with Crippen LogP contribution >= 0.6 is 0 Å². The number of hydrogen-bond acceptors (Lipinski definition) is 2. The average Bonchev–Trinajstić information content (AvgIpc) is 2.04. The van der Waals surface area contributed by atoms with Crippen LogP contribution < -0.4 is 5.73 Å². The van der Waals surface area contributed by atoms with E-state index in [0.717, 1.165) is 11.3 Å². The van der Waals surface area contributed by atoms with Gasteiger partial charge in [0, 0.05) is 0 Å². The zero-order chi connectivity index (χ0) is 8.27. The van der Waals surface area contributed by atoms with Gasteiger partial charge in [-0.15, -0.1) is 0 Å². The maximum absolute atomic E-state index is 5.46. The minimum Gasteiger partial charge on any atom is -0.384 e. The van der Waals surface area contributed by atoms with Gasteiger partial charge in [-0.2, -0.15) is 0 Å². The van der Waals surface area contributed by atoms with E-state index in [2.05, 4.69) is 18.1 Å². The highest BCUT2D eigenvalue weighted by Gasteiger charge is 1.95. The molecule has 0 fully saturated rings. The van der Waals surface area contributed by atoms with E-state index in [1.165, 1.54) is 0 Å². The Morgan fingerprint density at radius 3 is 2.55 bits per heavy atom. The molecule has 11 heavy (non-hydrogen) atoms. The Balaban J connectivity index is 3.26. The average molecular weight is 146 g/mol. The van der Waals surface area contributed by atoms with E-state index in [9.17, 15) is 0 Å². The fourth-order valence-corrected chi connectivity index (χ4v) is 0.838. The Hall–Kier alpha value is -1.57. The molecule has 1 rings (SSSR count). The summed E-state index contributed by atoms with van der Waals surface area (Å²) < 4.78 is 0. The van der Waals surface area contributed by atoms with Crippen LogP contribution in [-0.4, -0.2) is 4.98 Å². The van der Waals surface area contributed by atoms with Gasteiger partial charge in [0.2, 0.25) is 0 Å². The van der Waals surface area contributed by atoms with Crippen LogP contribution in [0.5, 0.6) is 0 Å². The molecule has 2 N–H and O–H groups in total. The molecular formula is C9H10N2. The maximum Gasteiger partial charge on any atom is 0.124 e. The topological polar surface area (TPSA) is 38.9 Å². The first kappa shape index (κ1) is 7.54. The number of nitrogens with zero attached hydrogens (tertiary/aromatic N) is 1. The van der Waals surface area contributed by atoms with Crippen LogP contribution in [0.3, 0.4) is 0 Å². The molecule has 0 aromatic carbocycles. The first-order chi connectivity index (χ1) is 5.27. The summed E-state index contributed by atoms with van der Waals surface area (Å²) in [6.07, 6.45) is 3.39. The van der Waals surface area contributed by atoms with Gasteiger partial charge in [-0.05, 0) is 23.8 Å². The van der Waals surface area contributed by atoms with E-state index in [4.69, 9.17) is 5.73 Å². The molecule has 0 saturated carbocycles. The zero-order valence-electron chi connectivity index (χ0n) is 6.25. The Morgan fingerprint density at radius 1 is 1.27 bits per heavy atom. The quantitative estimate of drug-likeness (QED) is 0.692. The molecule has 0 unspecified atom stereocenters. The zero-order valence-corrected chi connectivity index (χ0v) is 6.25. The van der Waals surface area contributed by atoms with Crippen molar-refractivity contribution in [2.75, 3.05) is 5.73 Å². The van der Waals surface area contributed by atoms with Crippen LogP contribution in [0.4, 0.5) is 5.82 Å². The molecular weight excluding hydrogens is 136 g/mol. The van der Waals surface area contributed by atoms with Gasteiger partial charge in [-0.1, -0.05) is 19.2 Å². The molecule has 0 aliphatic heterocycles. The summed E-state index contributed by atoms with van der Waals surface area (Å²) in [6, 6.07) is 3.61. The van der Waals surface area contributed by atoms with Crippen LogP contribution in [0.25, 0.3) is 12.2 Å². The minimum absolute atomic E-state index is 0.505. The number of pyridine rings is 1. The van der Waals surface area contributed by atoms with Crippen molar-refractivity contribution in [2.45, 2.75) is 0 Å². The molecule has 1 aromatic rings. The van der Waals surface area contributed by atoms with E-state index >= 15 is 0 Å². The van der Waals surface area contributed by atoms with Crippen molar-refractivity contribution in [3.8, 4) is 0 Å². The summed E-state index contributed by atoms with van der Waals surface area (Å²) in [4.78, 5) is 4.05. The van der Waals surface area contributed by atoms with E-state index in [-0.39, 0.29) is 0 Å². The van der Waals surface area contributed by atoms with Gasteiger partial charge >= 0.3 is 0 Å². The monoisotopic (exact) mass is 146 g/mol. The van der Waals surface area contributed by atoms with Crippen molar-refractivity contribution < 1.29 is 0 Å². The fraction of sp³-hybridized carbons (Fsp3) is 0. The van der Waals surface area contributed by atoms with Crippen molar-refractivity contribution in [2.24, 2.45) is 0 Å². The lowest BCUT2D eigenvalue weighted by atomic mass is 10.2. The highest BCUT2D eigenvalue weighted by molar-refractivity contribution is 5.62. The molecule has 0 atom stereocenters. The van der Waals surface area contributed by atoms with Crippen LogP contribution in [0.1, 0.15) is 11.3 Å². The molecule has 1 aromatic heterocycles. The molecule has 0 amide bonds. The van der Waals surface area contributed by atoms with Crippen molar-refractivity contribution in [3.05, 3.63) is 36.5 Å². The van der Waals surface area contributed by atoms with Gasteiger partial charge in [0.1, 0.15) is 5.82 Å². The smallest absolute Gasteiger partial charge is 0.124 e. The Morgan fingerprint density at radius 2 is 2.00 bits per heavy atom. The van der Waals surface area contributed by atoms with E-state index in [1.54, 1.807) is 18.2 Å². The number of nitrogen functional groups attached to an aromatic ring is 1. The first-order valence-corrected chi connectivity index (χ1v) is 3.29. The fourth-order valence-electron chi connectivity index (χ4n) is 0.838. The lowest BCUT2D eigenvalue weighted by molar-refractivity contribution is 1.29. The third-order valence-corrected chi connectivity index (χ3v) is 1.39. The highest BCUT2D eigenvalue weighted by Crippen LogP contribution is 2.10. The SMILES string of the molecule is C=Cc1ccc(N)nc1C=C. The molecule has 0 spiro atoms. The third kappa shape index (κ3) is 1.46. The first-order valence-electron chi connectivity index (χ1n) is 3.29. The number of hydrogen-bond donors (Lipinski definition) is 1. The predicted octanol–water partition coefficient (Wildman–Crippen LogP) is 1.95. The Labute approximate surface area is 66.1 Å². The van der Waals surface area contributed by atoms with E-state index < -0.39 is 0 Å². The van der Waals surface area contributed by atoms with Crippen molar-refractivity contribution in [1.29, 1.82) is 0 Å². The second-order valence-electron chi connectivity index (χ2n) is 2.12. The summed E-state index contributed by atoms with van der Waals surface area (Å²) in [5, 5.41) is 0. The molecule has 2 nitrogen and oxygen atoms in total.